The molecule has 0 aliphatic rings. The second-order valence-electron chi connectivity index (χ2n) is 6.23. The molecule has 29 heavy (non-hydrogen) atoms. The van der Waals surface area contributed by atoms with Gasteiger partial charge in [0, 0.05) is 0 Å². The molecule has 0 amide bonds. The SMILES string of the molecule is Cc1cc2[te]c(/C=C/c3ccc(O)cc3)[n+](C)c2cc1C.O=S(=O)([O-])C(F)(F)F. The van der Waals surface area contributed by atoms with Crippen molar-refractivity contribution in [1.82, 2.24) is 0 Å². The van der Waals surface area contributed by atoms with Gasteiger partial charge in [-0.2, -0.15) is 13.2 Å². The van der Waals surface area contributed by atoms with Crippen molar-refractivity contribution in [2.45, 2.75) is 19.4 Å². The molecule has 0 unspecified atom stereocenters. The molecular formula is C19H18F3NO4STe. The van der Waals surface area contributed by atoms with E-state index in [1.54, 1.807) is 12.1 Å². The van der Waals surface area contributed by atoms with Gasteiger partial charge < -0.3 is 4.55 Å². The number of hydrogen-bond acceptors (Lipinski definition) is 4. The van der Waals surface area contributed by atoms with Crippen LogP contribution in [-0.4, -0.2) is 44.0 Å². The molecule has 1 N–H and O–H groups in total. The minimum absolute atomic E-state index is 0.309. The van der Waals surface area contributed by atoms with Crippen molar-refractivity contribution in [1.29, 1.82) is 0 Å². The third-order valence-corrected chi connectivity index (χ3v) is 7.97. The average molecular weight is 541 g/mol. The Kier molecular flexibility index (Phi) is 7.17. The van der Waals surface area contributed by atoms with E-state index in [1.807, 2.05) is 12.1 Å². The van der Waals surface area contributed by atoms with Gasteiger partial charge in [0.15, 0.2) is 10.1 Å². The minimum Gasteiger partial charge on any atom is -0.741 e. The Morgan fingerprint density at radius 3 is 2.10 bits per heavy atom. The second-order valence-corrected chi connectivity index (χ2v) is 10.6. The number of phenols is 1. The van der Waals surface area contributed by atoms with Gasteiger partial charge in [0.05, 0.1) is 0 Å². The smallest absolute Gasteiger partial charge is 0.485 e. The van der Waals surface area contributed by atoms with Crippen LogP contribution in [0.2, 0.25) is 0 Å². The molecule has 10 heteroatoms. The maximum Gasteiger partial charge on any atom is 0.485 e. The maximum absolute atomic E-state index is 10.7. The van der Waals surface area contributed by atoms with Gasteiger partial charge in [-0.3, -0.25) is 0 Å². The molecule has 3 aromatic rings. The molecule has 0 saturated heterocycles. The Morgan fingerprint density at radius 2 is 1.59 bits per heavy atom. The van der Waals surface area contributed by atoms with Gasteiger partial charge in [0.1, 0.15) is 0 Å². The Hall–Kier alpha value is -1.86. The van der Waals surface area contributed by atoms with Gasteiger partial charge in [0.25, 0.3) is 0 Å². The quantitative estimate of drug-likeness (QED) is 0.234. The summed E-state index contributed by atoms with van der Waals surface area (Å²) in [5.74, 6) is 0.310. The first kappa shape index (κ1) is 23.4. The van der Waals surface area contributed by atoms with Crippen LogP contribution in [0.5, 0.6) is 5.75 Å². The summed E-state index contributed by atoms with van der Waals surface area (Å²) >= 11 is -0.309. The van der Waals surface area contributed by atoms with E-state index >= 15 is 0 Å². The van der Waals surface area contributed by atoms with Gasteiger partial charge >= 0.3 is 140 Å². The zero-order valence-electron chi connectivity index (χ0n) is 15.7. The topological polar surface area (TPSA) is 81.3 Å². The van der Waals surface area contributed by atoms with E-state index in [2.05, 4.69) is 49.7 Å². The number of nitrogens with zero attached hydrogens (tertiary/aromatic N) is 1. The Morgan fingerprint density at radius 1 is 1.07 bits per heavy atom. The predicted octanol–water partition coefficient (Wildman–Crippen LogP) is 3.27. The molecular weight excluding hydrogens is 523 g/mol. The van der Waals surface area contributed by atoms with Crippen molar-refractivity contribution < 1.29 is 35.8 Å². The molecule has 0 radical (unpaired) electrons. The number of hydrogen-bond donors (Lipinski definition) is 1. The van der Waals surface area contributed by atoms with Crippen LogP contribution in [0.3, 0.4) is 0 Å². The van der Waals surface area contributed by atoms with Crippen molar-refractivity contribution >= 4 is 51.6 Å². The van der Waals surface area contributed by atoms with Gasteiger partial charge in [0.2, 0.25) is 0 Å². The van der Waals surface area contributed by atoms with Crippen molar-refractivity contribution in [2.75, 3.05) is 0 Å². The third kappa shape index (κ3) is 6.06. The third-order valence-electron chi connectivity index (χ3n) is 4.08. The fraction of sp³-hybridized carbons (Fsp3) is 0.211. The first-order valence-electron chi connectivity index (χ1n) is 8.18. The van der Waals surface area contributed by atoms with Crippen LogP contribution in [0.1, 0.15) is 20.4 Å². The number of aromatic hydroxyl groups is 1. The summed E-state index contributed by atoms with van der Waals surface area (Å²) in [7, 11) is -3.94. The Balaban J connectivity index is 0.000000321. The number of rotatable bonds is 2. The number of halogens is 3. The van der Waals surface area contributed by atoms with Gasteiger partial charge in [-0.1, -0.05) is 0 Å². The molecule has 1 aromatic heterocycles. The molecule has 0 aliphatic heterocycles. The zero-order valence-corrected chi connectivity index (χ0v) is 18.8. The molecule has 0 saturated carbocycles. The van der Waals surface area contributed by atoms with Crippen LogP contribution in [0.15, 0.2) is 36.4 Å². The molecule has 1 heterocycles. The first-order valence-corrected chi connectivity index (χ1v) is 11.9. The number of aromatic nitrogens is 1. The fourth-order valence-electron chi connectivity index (χ4n) is 2.32. The molecule has 0 bridgehead atoms. The van der Waals surface area contributed by atoms with Crippen LogP contribution in [0, 0.1) is 13.8 Å². The summed E-state index contributed by atoms with van der Waals surface area (Å²) < 4.78 is 64.2. The van der Waals surface area contributed by atoms with Gasteiger partial charge in [-0.25, -0.2) is 8.42 Å². The van der Waals surface area contributed by atoms with E-state index in [1.165, 1.54) is 23.8 Å². The van der Waals surface area contributed by atoms with Crippen LogP contribution in [-0.2, 0) is 17.2 Å². The van der Waals surface area contributed by atoms with Gasteiger partial charge in [-0.15, -0.1) is 0 Å². The molecule has 3 rings (SSSR count). The van der Waals surface area contributed by atoms with E-state index in [-0.39, 0.29) is 20.4 Å². The van der Waals surface area contributed by atoms with E-state index < -0.39 is 15.6 Å². The normalized spacial score (nSPS) is 12.2. The van der Waals surface area contributed by atoms with Crippen molar-refractivity contribution in [2.24, 2.45) is 7.05 Å². The monoisotopic (exact) mass is 543 g/mol. The largest absolute Gasteiger partial charge is 0.741 e. The second kappa shape index (κ2) is 8.88. The molecule has 0 spiro atoms. The van der Waals surface area contributed by atoms with E-state index in [9.17, 15) is 18.3 Å². The molecule has 5 nitrogen and oxygen atoms in total. The summed E-state index contributed by atoms with van der Waals surface area (Å²) in [5, 5.41) is 9.32. The standard InChI is InChI=1S/C18H17NOTe.CHF3O3S/c1-12-10-16-17(11-13(12)2)21-18(19(16)3)9-6-14-4-7-15(20)8-5-14;2-1(3,4)8(5,6)7/h4-11H,1-3H3;(H,5,6,7). The van der Waals surface area contributed by atoms with Crippen molar-refractivity contribution in [3.63, 3.8) is 0 Å². The molecule has 2 aromatic carbocycles. The number of fused-ring (bicyclic) bond motifs is 1. The zero-order chi connectivity index (χ0) is 22.0. The number of alkyl halides is 3. The number of phenolic OH excluding ortho intramolecular Hbond substituents is 1. The molecule has 0 aliphatic carbocycles. The van der Waals surface area contributed by atoms with Crippen LogP contribution in [0.4, 0.5) is 13.2 Å². The Bertz CT molecular complexity index is 1150. The van der Waals surface area contributed by atoms with Crippen molar-refractivity contribution in [3.05, 3.63) is 56.8 Å². The molecule has 156 valence electrons. The van der Waals surface area contributed by atoms with Gasteiger partial charge in [-0.05, 0) is 0 Å². The summed E-state index contributed by atoms with van der Waals surface area (Å²) in [6, 6.07) is 12.0. The summed E-state index contributed by atoms with van der Waals surface area (Å²) in [6.07, 6.45) is 4.35. The van der Waals surface area contributed by atoms with Crippen LogP contribution >= 0.6 is 0 Å². The fourth-order valence-corrected chi connectivity index (χ4v) is 5.55. The van der Waals surface area contributed by atoms with Crippen LogP contribution in [0.25, 0.3) is 21.1 Å². The average Bonchev–Trinajstić information content (AvgIpc) is 2.89. The molecule has 0 fully saturated rings. The maximum atomic E-state index is 10.7. The summed E-state index contributed by atoms with van der Waals surface area (Å²) in [6.45, 7) is 4.36. The Labute approximate surface area is 176 Å². The van der Waals surface area contributed by atoms with E-state index in [0.29, 0.717) is 5.75 Å². The summed E-state index contributed by atoms with van der Waals surface area (Å²) in [4.78, 5) is 0. The van der Waals surface area contributed by atoms with Crippen molar-refractivity contribution in [3.8, 4) is 5.75 Å². The summed E-state index contributed by atoms with van der Waals surface area (Å²) in [5.41, 5.74) is -0.421. The first-order chi connectivity index (χ1) is 13.3. The predicted molar refractivity (Wildman–Crippen MR) is 104 cm³/mol. The molecule has 0 atom stereocenters. The number of aryl methyl sites for hydroxylation is 3. The van der Waals surface area contributed by atoms with E-state index in [0.717, 1.165) is 5.56 Å². The van der Waals surface area contributed by atoms with E-state index in [4.69, 9.17) is 13.0 Å². The number of benzene rings is 2. The van der Waals surface area contributed by atoms with Crippen LogP contribution < -0.4 is 4.57 Å². The minimum atomic E-state index is -6.09.